The van der Waals surface area contributed by atoms with E-state index < -0.39 is 0 Å². The normalized spacial score (nSPS) is 15.9. The van der Waals surface area contributed by atoms with Gasteiger partial charge in [0.2, 0.25) is 0 Å². The standard InChI is InChI=1S/C20H29NO3/c1-3-15(2)17-9-11-18(12-10-17)21-19(22)14-24-20(23)13-8-16-6-4-5-7-16/h9-12,15-16H,3-8,13-14H2,1-2H3,(H,21,22)/t15-/m1/s1. The number of hydrogen-bond donors (Lipinski definition) is 1. The molecule has 0 unspecified atom stereocenters. The van der Waals surface area contributed by atoms with Crippen LogP contribution in [-0.4, -0.2) is 18.5 Å². The summed E-state index contributed by atoms with van der Waals surface area (Å²) in [6, 6.07) is 7.83. The van der Waals surface area contributed by atoms with Gasteiger partial charge in [0.25, 0.3) is 5.91 Å². The lowest BCUT2D eigenvalue weighted by molar-refractivity contribution is -0.147. The molecule has 24 heavy (non-hydrogen) atoms. The minimum absolute atomic E-state index is 0.212. The quantitative estimate of drug-likeness (QED) is 0.705. The van der Waals surface area contributed by atoms with Crippen molar-refractivity contribution in [3.05, 3.63) is 29.8 Å². The molecule has 4 nitrogen and oxygen atoms in total. The molecule has 0 radical (unpaired) electrons. The monoisotopic (exact) mass is 331 g/mol. The third-order valence-electron chi connectivity index (χ3n) is 4.97. The number of ether oxygens (including phenoxy) is 1. The van der Waals surface area contributed by atoms with Gasteiger partial charge in [-0.15, -0.1) is 0 Å². The Morgan fingerprint density at radius 2 is 1.88 bits per heavy atom. The number of rotatable bonds is 8. The summed E-state index contributed by atoms with van der Waals surface area (Å²) in [6.07, 6.45) is 7.39. The van der Waals surface area contributed by atoms with Crippen molar-refractivity contribution in [2.45, 2.75) is 64.7 Å². The van der Waals surface area contributed by atoms with Crippen molar-refractivity contribution in [1.29, 1.82) is 0 Å². The van der Waals surface area contributed by atoms with E-state index in [0.29, 0.717) is 18.3 Å². The lowest BCUT2D eigenvalue weighted by Crippen LogP contribution is -2.21. The SMILES string of the molecule is CC[C@@H](C)c1ccc(NC(=O)COC(=O)CCC2CCCC2)cc1. The van der Waals surface area contributed by atoms with E-state index in [1.165, 1.54) is 31.2 Å². The summed E-state index contributed by atoms with van der Waals surface area (Å²) in [5.41, 5.74) is 1.99. The number of carbonyl (C=O) groups excluding carboxylic acids is 2. The molecule has 1 aliphatic carbocycles. The van der Waals surface area contributed by atoms with E-state index in [1.54, 1.807) is 0 Å². The molecule has 0 aliphatic heterocycles. The van der Waals surface area contributed by atoms with Gasteiger partial charge in [-0.1, -0.05) is 51.7 Å². The Labute approximate surface area is 145 Å². The van der Waals surface area contributed by atoms with Crippen LogP contribution in [0.5, 0.6) is 0 Å². The average molecular weight is 331 g/mol. The van der Waals surface area contributed by atoms with Gasteiger partial charge in [0.1, 0.15) is 0 Å². The molecule has 1 atom stereocenters. The zero-order valence-electron chi connectivity index (χ0n) is 14.8. The molecule has 0 saturated heterocycles. The predicted octanol–water partition coefficient (Wildman–Crippen LogP) is 4.65. The zero-order chi connectivity index (χ0) is 17.4. The van der Waals surface area contributed by atoms with Gasteiger partial charge in [-0.25, -0.2) is 0 Å². The highest BCUT2D eigenvalue weighted by atomic mass is 16.5. The molecule has 0 bridgehead atoms. The molecule has 1 amide bonds. The Hall–Kier alpha value is -1.84. The van der Waals surface area contributed by atoms with Gasteiger partial charge in [0, 0.05) is 12.1 Å². The van der Waals surface area contributed by atoms with Crippen molar-refractivity contribution in [2.24, 2.45) is 5.92 Å². The van der Waals surface area contributed by atoms with Crippen LogP contribution < -0.4 is 5.32 Å². The fourth-order valence-corrected chi connectivity index (χ4v) is 3.17. The fourth-order valence-electron chi connectivity index (χ4n) is 3.17. The molecule has 1 aromatic carbocycles. The van der Waals surface area contributed by atoms with Crippen LogP contribution in [0.2, 0.25) is 0 Å². The van der Waals surface area contributed by atoms with Gasteiger partial charge in [0.15, 0.2) is 6.61 Å². The van der Waals surface area contributed by atoms with Crippen LogP contribution in [0.25, 0.3) is 0 Å². The summed E-state index contributed by atoms with van der Waals surface area (Å²) >= 11 is 0. The molecule has 132 valence electrons. The fraction of sp³-hybridized carbons (Fsp3) is 0.600. The van der Waals surface area contributed by atoms with Crippen molar-refractivity contribution in [3.8, 4) is 0 Å². The van der Waals surface area contributed by atoms with Gasteiger partial charge in [0.05, 0.1) is 0 Å². The molecule has 1 aliphatic rings. The molecule has 1 aromatic rings. The maximum Gasteiger partial charge on any atom is 0.306 e. The number of anilines is 1. The highest BCUT2D eigenvalue weighted by Gasteiger charge is 2.17. The summed E-state index contributed by atoms with van der Waals surface area (Å²) in [4.78, 5) is 23.6. The van der Waals surface area contributed by atoms with Crippen LogP contribution in [0.15, 0.2) is 24.3 Å². The Morgan fingerprint density at radius 1 is 1.21 bits per heavy atom. The Morgan fingerprint density at radius 3 is 2.50 bits per heavy atom. The first-order valence-corrected chi connectivity index (χ1v) is 9.14. The first kappa shape index (κ1) is 18.5. The summed E-state index contributed by atoms with van der Waals surface area (Å²) in [5, 5.41) is 2.76. The van der Waals surface area contributed by atoms with Gasteiger partial charge in [-0.05, 0) is 42.4 Å². The number of hydrogen-bond acceptors (Lipinski definition) is 3. The number of amides is 1. The van der Waals surface area contributed by atoms with E-state index in [-0.39, 0.29) is 18.5 Å². The van der Waals surface area contributed by atoms with Gasteiger partial charge >= 0.3 is 5.97 Å². The van der Waals surface area contributed by atoms with Crippen LogP contribution in [0, 0.1) is 5.92 Å². The van der Waals surface area contributed by atoms with Crippen molar-refractivity contribution in [3.63, 3.8) is 0 Å². The highest BCUT2D eigenvalue weighted by Crippen LogP contribution is 2.28. The van der Waals surface area contributed by atoms with Gasteiger partial charge in [-0.3, -0.25) is 9.59 Å². The summed E-state index contributed by atoms with van der Waals surface area (Å²) in [7, 11) is 0. The van der Waals surface area contributed by atoms with Gasteiger partial charge in [-0.2, -0.15) is 0 Å². The summed E-state index contributed by atoms with van der Waals surface area (Å²) < 4.78 is 5.06. The van der Waals surface area contributed by atoms with E-state index in [9.17, 15) is 9.59 Å². The molecular weight excluding hydrogens is 302 g/mol. The summed E-state index contributed by atoms with van der Waals surface area (Å²) in [5.74, 6) is 0.607. The van der Waals surface area contributed by atoms with Crippen molar-refractivity contribution < 1.29 is 14.3 Å². The molecule has 0 spiro atoms. The Kier molecular flexibility index (Phi) is 7.29. The minimum atomic E-state index is -0.291. The second-order valence-electron chi connectivity index (χ2n) is 6.83. The van der Waals surface area contributed by atoms with Gasteiger partial charge < -0.3 is 10.1 Å². The molecule has 4 heteroatoms. The number of benzene rings is 1. The third-order valence-corrected chi connectivity index (χ3v) is 4.97. The van der Waals surface area contributed by atoms with Crippen molar-refractivity contribution in [1.82, 2.24) is 0 Å². The number of carbonyl (C=O) groups is 2. The average Bonchev–Trinajstić information content (AvgIpc) is 3.11. The van der Waals surface area contributed by atoms with Crippen molar-refractivity contribution in [2.75, 3.05) is 11.9 Å². The molecule has 1 N–H and O–H groups in total. The molecule has 1 fully saturated rings. The van der Waals surface area contributed by atoms with Crippen LogP contribution in [0.4, 0.5) is 5.69 Å². The van der Waals surface area contributed by atoms with Crippen molar-refractivity contribution >= 4 is 17.6 Å². The first-order chi connectivity index (χ1) is 11.6. The second kappa shape index (κ2) is 9.45. The number of nitrogens with one attached hydrogen (secondary N) is 1. The third kappa shape index (κ3) is 5.99. The maximum atomic E-state index is 11.9. The molecule has 0 heterocycles. The predicted molar refractivity (Wildman–Crippen MR) is 95.9 cm³/mol. The first-order valence-electron chi connectivity index (χ1n) is 9.14. The van der Waals surface area contributed by atoms with E-state index >= 15 is 0 Å². The van der Waals surface area contributed by atoms with Crippen LogP contribution >= 0.6 is 0 Å². The lowest BCUT2D eigenvalue weighted by Gasteiger charge is -2.11. The Balaban J connectivity index is 1.67. The van der Waals surface area contributed by atoms with Crippen LogP contribution in [0.1, 0.15) is 70.3 Å². The minimum Gasteiger partial charge on any atom is -0.456 e. The smallest absolute Gasteiger partial charge is 0.306 e. The van der Waals surface area contributed by atoms with E-state index in [0.717, 1.165) is 18.5 Å². The van der Waals surface area contributed by atoms with Crippen LogP contribution in [0.3, 0.4) is 0 Å². The van der Waals surface area contributed by atoms with E-state index in [4.69, 9.17) is 4.74 Å². The lowest BCUT2D eigenvalue weighted by atomic mass is 9.99. The second-order valence-corrected chi connectivity index (χ2v) is 6.83. The molecule has 1 saturated carbocycles. The summed E-state index contributed by atoms with van der Waals surface area (Å²) in [6.45, 7) is 4.12. The topological polar surface area (TPSA) is 55.4 Å². The Bertz CT molecular complexity index is 532. The largest absolute Gasteiger partial charge is 0.456 e. The van der Waals surface area contributed by atoms with E-state index in [1.807, 2.05) is 24.3 Å². The number of esters is 1. The highest BCUT2D eigenvalue weighted by molar-refractivity contribution is 5.92. The van der Waals surface area contributed by atoms with E-state index in [2.05, 4.69) is 19.2 Å². The molecule has 2 rings (SSSR count). The maximum absolute atomic E-state index is 11.9. The zero-order valence-corrected chi connectivity index (χ0v) is 14.8. The molecular formula is C20H29NO3. The molecule has 0 aromatic heterocycles. The van der Waals surface area contributed by atoms with Crippen LogP contribution in [-0.2, 0) is 14.3 Å².